The van der Waals surface area contributed by atoms with Crippen molar-refractivity contribution in [3.8, 4) is 11.5 Å². The highest BCUT2D eigenvalue weighted by Gasteiger charge is 2.26. The van der Waals surface area contributed by atoms with Crippen molar-refractivity contribution < 1.29 is 10.2 Å². The molecule has 2 saturated carbocycles. The lowest BCUT2D eigenvalue weighted by Crippen LogP contribution is -2.17. The van der Waals surface area contributed by atoms with Crippen molar-refractivity contribution in [1.82, 2.24) is 0 Å². The first-order valence-electron chi connectivity index (χ1n) is 11.6. The molecule has 30 heavy (non-hydrogen) atoms. The molecule has 1 aromatic carbocycles. The Morgan fingerprint density at radius 2 is 1.23 bits per heavy atom. The van der Waals surface area contributed by atoms with Crippen LogP contribution in [0.4, 0.5) is 0 Å². The van der Waals surface area contributed by atoms with Gasteiger partial charge in [0.25, 0.3) is 0 Å². The zero-order chi connectivity index (χ0) is 23.1. The normalized spacial score (nSPS) is 25.5. The third-order valence-corrected chi connectivity index (χ3v) is 7.20. The Bertz CT molecular complexity index is 552. The van der Waals surface area contributed by atoms with Gasteiger partial charge in [0.05, 0.1) is 5.30 Å². The smallest absolute Gasteiger partial charge is 0.129 e. The van der Waals surface area contributed by atoms with Crippen LogP contribution in [0.25, 0.3) is 0 Å². The summed E-state index contributed by atoms with van der Waals surface area (Å²) >= 11 is 4.30. The number of hydrogen-bond acceptors (Lipinski definition) is 2. The van der Waals surface area contributed by atoms with Crippen LogP contribution in [0.5, 0.6) is 11.5 Å². The van der Waals surface area contributed by atoms with Crippen molar-refractivity contribution >= 4 is 59.7 Å². The van der Waals surface area contributed by atoms with Crippen molar-refractivity contribution in [3.63, 3.8) is 0 Å². The van der Waals surface area contributed by atoms with Crippen molar-refractivity contribution in [2.75, 3.05) is 9.86 Å². The van der Waals surface area contributed by atoms with Gasteiger partial charge in [0.1, 0.15) is 11.5 Å². The lowest BCUT2D eigenvalue weighted by atomic mass is 9.74. The Labute approximate surface area is 216 Å². The third kappa shape index (κ3) is 10.1. The molecule has 3 rings (SSSR count). The second-order valence-corrected chi connectivity index (χ2v) is 8.93. The molecule has 0 spiro atoms. The van der Waals surface area contributed by atoms with Crippen molar-refractivity contribution in [3.05, 3.63) is 17.7 Å². The Morgan fingerprint density at radius 3 is 1.70 bits per heavy atom. The molecule has 0 aromatic heterocycles. The summed E-state index contributed by atoms with van der Waals surface area (Å²) in [5, 5.41) is 20.5. The molecule has 2 aliphatic rings. The molecule has 0 radical (unpaired) electrons. The van der Waals surface area contributed by atoms with Crippen LogP contribution in [-0.2, 0) is 0 Å². The van der Waals surface area contributed by atoms with Gasteiger partial charge >= 0.3 is 0 Å². The number of rotatable bonds is 4. The summed E-state index contributed by atoms with van der Waals surface area (Å²) in [6.45, 7) is 6.40. The van der Waals surface area contributed by atoms with E-state index in [0.29, 0.717) is 11.2 Å². The second kappa shape index (κ2) is 18.2. The van der Waals surface area contributed by atoms with Gasteiger partial charge in [0, 0.05) is 0 Å². The Balaban J connectivity index is 0.00000129. The van der Waals surface area contributed by atoms with Crippen LogP contribution in [0.3, 0.4) is 0 Å². The molecule has 1 aromatic rings. The number of phenols is 2. The van der Waals surface area contributed by atoms with Gasteiger partial charge in [-0.15, -0.1) is 0 Å². The van der Waals surface area contributed by atoms with Crippen LogP contribution in [0, 0.1) is 17.8 Å². The summed E-state index contributed by atoms with van der Waals surface area (Å²) in [4.78, 5) is 3.94. The summed E-state index contributed by atoms with van der Waals surface area (Å²) in [7, 11) is 2.46. The summed E-state index contributed by atoms with van der Waals surface area (Å²) in [6, 6.07) is 3.62. The van der Waals surface area contributed by atoms with Gasteiger partial charge < -0.3 is 10.2 Å². The molecule has 176 valence electrons. The maximum atomic E-state index is 10.3. The Morgan fingerprint density at radius 1 is 0.800 bits per heavy atom. The first-order valence-corrected chi connectivity index (χ1v) is 16.5. The van der Waals surface area contributed by atoms with Crippen LogP contribution in [0.15, 0.2) is 12.1 Å². The van der Waals surface area contributed by atoms with E-state index >= 15 is 0 Å². The van der Waals surface area contributed by atoms with Crippen LogP contribution < -0.4 is 5.30 Å². The van der Waals surface area contributed by atoms with Crippen molar-refractivity contribution in [2.45, 2.75) is 90.9 Å². The highest BCUT2D eigenvalue weighted by Crippen LogP contribution is 2.42. The molecule has 0 saturated heterocycles. The summed E-state index contributed by atoms with van der Waals surface area (Å²) in [5.74, 6) is 3.72. The molecule has 0 bridgehead atoms. The van der Waals surface area contributed by atoms with E-state index in [9.17, 15) is 10.2 Å². The number of alkyl halides is 2. The molecule has 1 atom stereocenters. The average molecular weight is 662 g/mol. The number of aromatic hydroxyl groups is 2. The van der Waals surface area contributed by atoms with Gasteiger partial charge in [-0.05, 0) is 70.8 Å². The minimum atomic E-state index is 0.164. The molecule has 0 amide bonds. The van der Waals surface area contributed by atoms with E-state index in [4.69, 9.17) is 0 Å². The summed E-state index contributed by atoms with van der Waals surface area (Å²) in [5.41, 5.74) is 1.03. The number of hydrogen-bond donors (Lipinski definition) is 2. The Kier molecular flexibility index (Phi) is 18.6. The molecular formula is C25H45I2O2P. The van der Waals surface area contributed by atoms with E-state index in [-0.39, 0.29) is 11.5 Å². The molecule has 2 nitrogen and oxygen atoms in total. The van der Waals surface area contributed by atoms with Gasteiger partial charge in [-0.3, -0.25) is 0 Å². The van der Waals surface area contributed by atoms with Gasteiger partial charge in [0.2, 0.25) is 0 Å². The average Bonchev–Trinajstić information content (AvgIpc) is 2.82. The fourth-order valence-corrected chi connectivity index (χ4v) is 5.06. The van der Waals surface area contributed by atoms with Gasteiger partial charge in [0.15, 0.2) is 0 Å². The zero-order valence-electron chi connectivity index (χ0n) is 19.8. The number of phenolic OH excluding ortho intramolecular Hbond substituents is 2. The quantitative estimate of drug-likeness (QED) is 0.193. The zero-order valence-corrected chi connectivity index (χ0v) is 25.2. The number of benzene rings is 1. The van der Waals surface area contributed by atoms with Gasteiger partial charge in [-0.2, -0.15) is 0 Å². The summed E-state index contributed by atoms with van der Waals surface area (Å²) in [6.07, 6.45) is 13.6. The van der Waals surface area contributed by atoms with Gasteiger partial charge in [-0.25, -0.2) is 0 Å². The molecule has 0 heterocycles. The van der Waals surface area contributed by atoms with Crippen molar-refractivity contribution in [1.29, 1.82) is 0 Å². The fourth-order valence-electron chi connectivity index (χ4n) is 4.79. The minimum Gasteiger partial charge on any atom is -0.507 e. The SMILES string of the molecule is CC.CC1CCC(CCC2CCC(c3ccc(O)c(P)c3O)CC2)CC1.CI.CI. The third-order valence-electron chi connectivity index (χ3n) is 6.63. The highest BCUT2D eigenvalue weighted by atomic mass is 127. The van der Waals surface area contributed by atoms with Crippen molar-refractivity contribution in [2.24, 2.45) is 17.8 Å². The highest BCUT2D eigenvalue weighted by molar-refractivity contribution is 14.1. The summed E-state index contributed by atoms with van der Waals surface area (Å²) < 4.78 is 0. The van der Waals surface area contributed by atoms with E-state index in [1.54, 1.807) is 6.07 Å². The van der Waals surface area contributed by atoms with Crippen LogP contribution in [-0.4, -0.2) is 20.1 Å². The second-order valence-electron chi connectivity index (χ2n) is 8.36. The molecule has 5 heteroatoms. The van der Waals surface area contributed by atoms with Crippen LogP contribution in [0.1, 0.15) is 96.5 Å². The van der Waals surface area contributed by atoms with E-state index in [0.717, 1.165) is 23.3 Å². The molecule has 2 aliphatic carbocycles. The topological polar surface area (TPSA) is 40.5 Å². The lowest BCUT2D eigenvalue weighted by molar-refractivity contribution is 0.237. The van der Waals surface area contributed by atoms with Gasteiger partial charge in [-0.1, -0.05) is 120 Å². The largest absolute Gasteiger partial charge is 0.507 e. The molecular weight excluding hydrogens is 617 g/mol. The lowest BCUT2D eigenvalue weighted by Gasteiger charge is -2.31. The molecule has 2 fully saturated rings. The maximum absolute atomic E-state index is 10.3. The number of halogens is 2. The van der Waals surface area contributed by atoms with E-state index < -0.39 is 0 Å². The first kappa shape index (κ1) is 30.7. The monoisotopic (exact) mass is 662 g/mol. The predicted octanol–water partition coefficient (Wildman–Crippen LogP) is 8.61. The molecule has 0 aliphatic heterocycles. The van der Waals surface area contributed by atoms with E-state index in [1.165, 1.54) is 64.2 Å². The first-order chi connectivity index (χ1) is 14.5. The molecule has 1 unspecified atom stereocenters. The van der Waals surface area contributed by atoms with E-state index in [2.05, 4.69) is 61.3 Å². The minimum absolute atomic E-state index is 0.164. The Hall–Kier alpha value is 0.710. The predicted molar refractivity (Wildman–Crippen MR) is 155 cm³/mol. The van der Waals surface area contributed by atoms with E-state index in [1.807, 2.05) is 29.8 Å². The van der Waals surface area contributed by atoms with Crippen LogP contribution in [0.2, 0.25) is 0 Å². The van der Waals surface area contributed by atoms with Crippen LogP contribution >= 0.6 is 54.4 Å². The standard InChI is InChI=1S/C21H33O2P.C2H6.2CH3I/c1-14-2-4-15(5-3-14)6-7-16-8-10-17(11-9-16)18-12-13-19(22)21(24)20(18)23;3*1-2/h12-17,22-23H,2-11,24H2,1H3;1-2H3;2*1H3. The fraction of sp³-hybridized carbons (Fsp3) is 0.760. The maximum Gasteiger partial charge on any atom is 0.129 e. The molecule has 2 N–H and O–H groups in total.